The highest BCUT2D eigenvalue weighted by Gasteiger charge is 2.17. The molecule has 0 heterocycles. The number of carbonyl (C=O) groups excluding carboxylic acids is 1. The summed E-state index contributed by atoms with van der Waals surface area (Å²) in [5.41, 5.74) is -0.371. The summed E-state index contributed by atoms with van der Waals surface area (Å²) < 4.78 is 62.7. The van der Waals surface area contributed by atoms with E-state index in [0.717, 1.165) is 12.1 Å². The third-order valence-electron chi connectivity index (χ3n) is 2.97. The highest BCUT2D eigenvalue weighted by Crippen LogP contribution is 2.21. The minimum atomic E-state index is -4.06. The zero-order chi connectivity index (χ0) is 18.4. The minimum absolute atomic E-state index is 0.153. The van der Waals surface area contributed by atoms with Crippen LogP contribution in [0.4, 0.5) is 14.5 Å². The topological polar surface area (TPSA) is 81.7 Å². The second-order valence-electron chi connectivity index (χ2n) is 4.79. The molecule has 0 spiro atoms. The van der Waals surface area contributed by atoms with Gasteiger partial charge in [-0.3, -0.25) is 4.72 Å². The van der Waals surface area contributed by atoms with Crippen LogP contribution in [0, 0.1) is 11.6 Å². The molecule has 134 valence electrons. The molecule has 6 nitrogen and oxygen atoms in total. The first-order valence-electron chi connectivity index (χ1n) is 7.18. The Bertz CT molecular complexity index is 853. The predicted octanol–water partition coefficient (Wildman–Crippen LogP) is 2.71. The van der Waals surface area contributed by atoms with E-state index in [0.29, 0.717) is 6.07 Å². The quantitative estimate of drug-likeness (QED) is 0.757. The molecule has 0 atom stereocenters. The van der Waals surface area contributed by atoms with Crippen LogP contribution in [-0.4, -0.2) is 27.6 Å². The van der Waals surface area contributed by atoms with Crippen LogP contribution in [0.15, 0.2) is 47.4 Å². The Labute approximate surface area is 143 Å². The number of hydrogen-bond acceptors (Lipinski definition) is 5. The fraction of sp³-hybridized carbons (Fsp3) is 0.188. The normalized spacial score (nSPS) is 11.0. The van der Waals surface area contributed by atoms with Gasteiger partial charge in [-0.2, -0.15) is 0 Å². The van der Waals surface area contributed by atoms with Crippen molar-refractivity contribution < 1.29 is 31.5 Å². The lowest BCUT2D eigenvalue weighted by Gasteiger charge is -2.10. The monoisotopic (exact) mass is 371 g/mol. The van der Waals surface area contributed by atoms with Crippen LogP contribution in [0.25, 0.3) is 0 Å². The lowest BCUT2D eigenvalue weighted by molar-refractivity contribution is -0.145. The van der Waals surface area contributed by atoms with Crippen molar-refractivity contribution in [2.75, 3.05) is 17.9 Å². The smallest absolute Gasteiger partial charge is 0.344 e. The van der Waals surface area contributed by atoms with Crippen molar-refractivity contribution >= 4 is 21.7 Å². The van der Waals surface area contributed by atoms with Gasteiger partial charge in [-0.15, -0.1) is 0 Å². The van der Waals surface area contributed by atoms with Gasteiger partial charge >= 0.3 is 5.97 Å². The summed E-state index contributed by atoms with van der Waals surface area (Å²) in [4.78, 5) is 11.0. The second-order valence-corrected chi connectivity index (χ2v) is 6.48. The van der Waals surface area contributed by atoms with Gasteiger partial charge in [-0.1, -0.05) is 0 Å². The largest absolute Gasteiger partial charge is 0.482 e. The lowest BCUT2D eigenvalue weighted by Crippen LogP contribution is -2.15. The van der Waals surface area contributed by atoms with Crippen molar-refractivity contribution in [2.45, 2.75) is 11.8 Å². The minimum Gasteiger partial charge on any atom is -0.482 e. The molecule has 0 unspecified atom stereocenters. The van der Waals surface area contributed by atoms with Crippen LogP contribution >= 0.6 is 0 Å². The fourth-order valence-electron chi connectivity index (χ4n) is 1.84. The molecule has 2 aromatic carbocycles. The summed E-state index contributed by atoms with van der Waals surface area (Å²) >= 11 is 0. The molecule has 0 aliphatic carbocycles. The second kappa shape index (κ2) is 7.93. The summed E-state index contributed by atoms with van der Waals surface area (Å²) in [5, 5.41) is 0. The molecule has 0 saturated carbocycles. The first-order valence-corrected chi connectivity index (χ1v) is 8.66. The Morgan fingerprint density at radius 2 is 1.80 bits per heavy atom. The molecular weight excluding hydrogens is 356 g/mol. The molecule has 0 fully saturated rings. The fourth-order valence-corrected chi connectivity index (χ4v) is 2.90. The van der Waals surface area contributed by atoms with E-state index in [1.165, 1.54) is 24.3 Å². The summed E-state index contributed by atoms with van der Waals surface area (Å²) in [7, 11) is -4.06. The molecule has 0 amide bonds. The Kier molecular flexibility index (Phi) is 5.92. The first-order chi connectivity index (χ1) is 11.8. The Morgan fingerprint density at radius 1 is 1.12 bits per heavy atom. The van der Waals surface area contributed by atoms with Crippen LogP contribution in [0.5, 0.6) is 5.75 Å². The Hall–Kier alpha value is -2.68. The van der Waals surface area contributed by atoms with E-state index in [9.17, 15) is 22.0 Å². The van der Waals surface area contributed by atoms with Gasteiger partial charge in [0.1, 0.15) is 17.4 Å². The van der Waals surface area contributed by atoms with Crippen LogP contribution in [0.1, 0.15) is 6.92 Å². The predicted molar refractivity (Wildman–Crippen MR) is 85.7 cm³/mol. The number of anilines is 1. The number of halogens is 2. The van der Waals surface area contributed by atoms with Crippen LogP contribution in [0.2, 0.25) is 0 Å². The van der Waals surface area contributed by atoms with Crippen LogP contribution in [0.3, 0.4) is 0 Å². The number of esters is 1. The number of rotatable bonds is 7. The molecule has 25 heavy (non-hydrogen) atoms. The van der Waals surface area contributed by atoms with E-state index < -0.39 is 27.6 Å². The maximum absolute atomic E-state index is 13.6. The Balaban J connectivity index is 2.08. The van der Waals surface area contributed by atoms with Gasteiger partial charge in [0.05, 0.1) is 17.2 Å². The standard InChI is InChI=1S/C16H15F2NO5S/c1-2-23-16(20)10-24-12-4-6-13(7-5-12)25(21,22)19-15-8-3-11(17)9-14(15)18/h3-9,19H,2,10H2,1H3. The van der Waals surface area contributed by atoms with E-state index in [-0.39, 0.29) is 29.5 Å². The Morgan fingerprint density at radius 3 is 2.40 bits per heavy atom. The van der Waals surface area contributed by atoms with Gasteiger partial charge in [0.15, 0.2) is 6.61 Å². The van der Waals surface area contributed by atoms with Crippen molar-refractivity contribution in [3.8, 4) is 5.75 Å². The van der Waals surface area contributed by atoms with Crippen molar-refractivity contribution in [3.05, 3.63) is 54.1 Å². The molecule has 9 heteroatoms. The van der Waals surface area contributed by atoms with Crippen molar-refractivity contribution in [3.63, 3.8) is 0 Å². The van der Waals surface area contributed by atoms with Gasteiger partial charge in [-0.05, 0) is 43.3 Å². The molecular formula is C16H15F2NO5S. The molecule has 0 aliphatic heterocycles. The summed E-state index contributed by atoms with van der Waals surface area (Å²) in [6.45, 7) is 1.58. The average Bonchev–Trinajstić information content (AvgIpc) is 2.56. The van der Waals surface area contributed by atoms with Gasteiger partial charge in [0.2, 0.25) is 0 Å². The summed E-state index contributed by atoms with van der Waals surface area (Å²) in [6, 6.07) is 7.63. The van der Waals surface area contributed by atoms with E-state index in [4.69, 9.17) is 9.47 Å². The third kappa shape index (κ3) is 5.15. The number of sulfonamides is 1. The van der Waals surface area contributed by atoms with E-state index in [1.807, 2.05) is 4.72 Å². The van der Waals surface area contributed by atoms with Crippen LogP contribution in [-0.2, 0) is 19.6 Å². The molecule has 0 aromatic heterocycles. The highest BCUT2D eigenvalue weighted by atomic mass is 32.2. The molecule has 0 radical (unpaired) electrons. The van der Waals surface area contributed by atoms with Crippen molar-refractivity contribution in [1.29, 1.82) is 0 Å². The summed E-state index contributed by atoms with van der Waals surface area (Å²) in [5.74, 6) is -2.13. The SMILES string of the molecule is CCOC(=O)COc1ccc(S(=O)(=O)Nc2ccc(F)cc2F)cc1. The number of ether oxygens (including phenoxy) is 2. The molecule has 0 aliphatic rings. The number of nitrogens with one attached hydrogen (secondary N) is 1. The molecule has 0 saturated heterocycles. The van der Waals surface area contributed by atoms with Gasteiger partial charge < -0.3 is 9.47 Å². The number of carbonyl (C=O) groups is 1. The van der Waals surface area contributed by atoms with Crippen molar-refractivity contribution in [2.24, 2.45) is 0 Å². The van der Waals surface area contributed by atoms with Gasteiger partial charge in [0.25, 0.3) is 10.0 Å². The zero-order valence-corrected chi connectivity index (χ0v) is 14.0. The number of hydrogen-bond donors (Lipinski definition) is 1. The van der Waals surface area contributed by atoms with Crippen molar-refractivity contribution in [1.82, 2.24) is 0 Å². The molecule has 1 N–H and O–H groups in total. The average molecular weight is 371 g/mol. The summed E-state index contributed by atoms with van der Waals surface area (Å²) in [6.07, 6.45) is 0. The maximum atomic E-state index is 13.6. The van der Waals surface area contributed by atoms with E-state index in [2.05, 4.69) is 0 Å². The zero-order valence-electron chi connectivity index (χ0n) is 13.2. The third-order valence-corrected chi connectivity index (χ3v) is 4.35. The lowest BCUT2D eigenvalue weighted by atomic mass is 10.3. The van der Waals surface area contributed by atoms with E-state index in [1.54, 1.807) is 6.92 Å². The number of benzene rings is 2. The van der Waals surface area contributed by atoms with Gasteiger partial charge in [-0.25, -0.2) is 22.0 Å². The highest BCUT2D eigenvalue weighted by molar-refractivity contribution is 7.92. The van der Waals surface area contributed by atoms with E-state index >= 15 is 0 Å². The molecule has 0 bridgehead atoms. The van der Waals surface area contributed by atoms with Gasteiger partial charge in [0, 0.05) is 6.07 Å². The first kappa shape index (κ1) is 18.7. The molecule has 2 rings (SSSR count). The van der Waals surface area contributed by atoms with Crippen LogP contribution < -0.4 is 9.46 Å². The molecule has 2 aromatic rings. The maximum Gasteiger partial charge on any atom is 0.344 e.